The number of nitrogens with zero attached hydrogens (tertiary/aromatic N) is 1. The van der Waals surface area contributed by atoms with E-state index in [0.29, 0.717) is 0 Å². The molecule has 0 radical (unpaired) electrons. The van der Waals surface area contributed by atoms with Gasteiger partial charge in [0.2, 0.25) is 0 Å². The van der Waals surface area contributed by atoms with Crippen molar-refractivity contribution in [1.29, 1.82) is 0 Å². The van der Waals surface area contributed by atoms with E-state index in [2.05, 4.69) is 4.98 Å². The van der Waals surface area contributed by atoms with Crippen molar-refractivity contribution in [2.45, 2.75) is 11.9 Å². The van der Waals surface area contributed by atoms with Gasteiger partial charge in [-0.3, -0.25) is 0 Å². The minimum atomic E-state index is -0.211. The van der Waals surface area contributed by atoms with Crippen LogP contribution in [0.15, 0.2) is 17.2 Å². The van der Waals surface area contributed by atoms with Gasteiger partial charge >= 0.3 is 0 Å². The lowest BCUT2D eigenvalue weighted by Gasteiger charge is -1.96. The highest BCUT2D eigenvalue weighted by Crippen LogP contribution is 2.13. The molecule has 1 rings (SSSR count). The van der Waals surface area contributed by atoms with E-state index < -0.39 is 0 Å². The van der Waals surface area contributed by atoms with Crippen LogP contribution >= 0.6 is 11.8 Å². The topological polar surface area (TPSA) is 12.9 Å². The SMILES string of the molecule is CSc1cc(F)cc(C)n1. The Kier molecular flexibility index (Phi) is 2.27. The molecule has 0 aliphatic carbocycles. The second kappa shape index (κ2) is 3.01. The Bertz CT molecular complexity index is 217. The standard InChI is InChI=1S/C7H8FNS/c1-5-3-6(8)4-7(9-5)10-2/h3-4H,1-2H3. The lowest BCUT2D eigenvalue weighted by Crippen LogP contribution is -1.85. The maximum Gasteiger partial charge on any atom is 0.127 e. The number of halogens is 1. The summed E-state index contributed by atoms with van der Waals surface area (Å²) >= 11 is 1.45. The van der Waals surface area contributed by atoms with Crippen molar-refractivity contribution < 1.29 is 4.39 Å². The minimum absolute atomic E-state index is 0.211. The molecule has 0 unspecified atom stereocenters. The van der Waals surface area contributed by atoms with Gasteiger partial charge in [-0.15, -0.1) is 11.8 Å². The fraction of sp³-hybridized carbons (Fsp3) is 0.286. The van der Waals surface area contributed by atoms with Crippen LogP contribution in [-0.2, 0) is 0 Å². The zero-order chi connectivity index (χ0) is 7.56. The summed E-state index contributed by atoms with van der Waals surface area (Å²) in [6, 6.07) is 2.84. The molecular formula is C7H8FNS. The lowest BCUT2D eigenvalue weighted by molar-refractivity contribution is 0.617. The van der Waals surface area contributed by atoms with E-state index >= 15 is 0 Å². The van der Waals surface area contributed by atoms with E-state index in [1.54, 1.807) is 6.92 Å². The first-order valence-electron chi connectivity index (χ1n) is 2.90. The van der Waals surface area contributed by atoms with Crippen molar-refractivity contribution in [1.82, 2.24) is 4.98 Å². The van der Waals surface area contributed by atoms with E-state index in [9.17, 15) is 4.39 Å². The summed E-state index contributed by atoms with van der Waals surface area (Å²) in [5.74, 6) is -0.211. The number of rotatable bonds is 1. The molecule has 0 aromatic carbocycles. The number of pyridine rings is 1. The van der Waals surface area contributed by atoms with Crippen LogP contribution in [0.3, 0.4) is 0 Å². The van der Waals surface area contributed by atoms with Crippen molar-refractivity contribution in [3.05, 3.63) is 23.6 Å². The maximum absolute atomic E-state index is 12.6. The summed E-state index contributed by atoms with van der Waals surface area (Å²) in [6.07, 6.45) is 1.88. The number of aromatic nitrogens is 1. The molecule has 10 heavy (non-hydrogen) atoms. The first kappa shape index (κ1) is 7.54. The van der Waals surface area contributed by atoms with Gasteiger partial charge in [-0.25, -0.2) is 9.37 Å². The van der Waals surface area contributed by atoms with Crippen LogP contribution in [0.4, 0.5) is 4.39 Å². The molecule has 0 saturated carbocycles. The van der Waals surface area contributed by atoms with E-state index in [4.69, 9.17) is 0 Å². The van der Waals surface area contributed by atoms with E-state index in [-0.39, 0.29) is 5.82 Å². The number of hydrogen-bond donors (Lipinski definition) is 0. The monoisotopic (exact) mass is 157 g/mol. The second-order valence-electron chi connectivity index (χ2n) is 1.97. The third kappa shape index (κ3) is 1.70. The first-order valence-corrected chi connectivity index (χ1v) is 4.13. The van der Waals surface area contributed by atoms with Crippen LogP contribution in [-0.4, -0.2) is 11.2 Å². The second-order valence-corrected chi connectivity index (χ2v) is 2.80. The molecule has 0 bridgehead atoms. The average molecular weight is 157 g/mol. The molecule has 0 saturated heterocycles. The Labute approximate surface area is 63.7 Å². The Morgan fingerprint density at radius 2 is 2.20 bits per heavy atom. The summed E-state index contributed by atoms with van der Waals surface area (Å²) in [5, 5.41) is 0.734. The van der Waals surface area contributed by atoms with Crippen LogP contribution in [0, 0.1) is 12.7 Å². The zero-order valence-corrected chi connectivity index (χ0v) is 6.70. The molecule has 3 heteroatoms. The molecular weight excluding hydrogens is 149 g/mol. The Balaban J connectivity index is 3.06. The predicted molar refractivity (Wildman–Crippen MR) is 40.7 cm³/mol. The number of thioether (sulfide) groups is 1. The lowest BCUT2D eigenvalue weighted by atomic mass is 10.4. The molecule has 1 heterocycles. The maximum atomic E-state index is 12.6. The summed E-state index contributed by atoms with van der Waals surface area (Å²) < 4.78 is 12.6. The van der Waals surface area contributed by atoms with Crippen LogP contribution in [0.2, 0.25) is 0 Å². The van der Waals surface area contributed by atoms with Gasteiger partial charge in [0.1, 0.15) is 5.82 Å². The van der Waals surface area contributed by atoms with Gasteiger partial charge in [-0.1, -0.05) is 0 Å². The molecule has 0 amide bonds. The summed E-state index contributed by atoms with van der Waals surface area (Å²) in [6.45, 7) is 1.78. The van der Waals surface area contributed by atoms with Gasteiger partial charge in [0.25, 0.3) is 0 Å². The third-order valence-corrected chi connectivity index (χ3v) is 1.73. The molecule has 1 aromatic rings. The normalized spacial score (nSPS) is 9.90. The first-order chi connectivity index (χ1) is 4.72. The summed E-state index contributed by atoms with van der Waals surface area (Å²) in [4.78, 5) is 4.08. The van der Waals surface area contributed by atoms with Crippen molar-refractivity contribution in [3.8, 4) is 0 Å². The molecule has 1 aromatic heterocycles. The Morgan fingerprint density at radius 1 is 1.50 bits per heavy atom. The largest absolute Gasteiger partial charge is 0.247 e. The van der Waals surface area contributed by atoms with Gasteiger partial charge in [0, 0.05) is 11.8 Å². The molecule has 0 fully saturated rings. The van der Waals surface area contributed by atoms with Gasteiger partial charge < -0.3 is 0 Å². The summed E-state index contributed by atoms with van der Waals surface area (Å²) in [5.41, 5.74) is 0.726. The Morgan fingerprint density at radius 3 is 2.70 bits per heavy atom. The van der Waals surface area contributed by atoms with Crippen molar-refractivity contribution in [3.63, 3.8) is 0 Å². The molecule has 0 aliphatic rings. The molecule has 0 aliphatic heterocycles. The van der Waals surface area contributed by atoms with Gasteiger partial charge in [0.15, 0.2) is 0 Å². The number of aryl methyl sites for hydroxylation is 1. The van der Waals surface area contributed by atoms with E-state index in [1.807, 2.05) is 6.26 Å². The fourth-order valence-electron chi connectivity index (χ4n) is 0.702. The highest BCUT2D eigenvalue weighted by Gasteiger charge is 1.96. The zero-order valence-electron chi connectivity index (χ0n) is 5.89. The smallest absolute Gasteiger partial charge is 0.127 e. The van der Waals surface area contributed by atoms with Crippen LogP contribution in [0.25, 0.3) is 0 Å². The van der Waals surface area contributed by atoms with Crippen molar-refractivity contribution in [2.75, 3.05) is 6.26 Å². The van der Waals surface area contributed by atoms with Gasteiger partial charge in [-0.05, 0) is 19.2 Å². The van der Waals surface area contributed by atoms with Crippen LogP contribution < -0.4 is 0 Å². The van der Waals surface area contributed by atoms with Crippen molar-refractivity contribution in [2.24, 2.45) is 0 Å². The molecule has 0 spiro atoms. The van der Waals surface area contributed by atoms with Gasteiger partial charge in [-0.2, -0.15) is 0 Å². The fourth-order valence-corrected chi connectivity index (χ4v) is 1.17. The van der Waals surface area contributed by atoms with Gasteiger partial charge in [0.05, 0.1) is 5.03 Å². The number of hydrogen-bond acceptors (Lipinski definition) is 2. The quantitative estimate of drug-likeness (QED) is 0.580. The molecule has 0 N–H and O–H groups in total. The van der Waals surface area contributed by atoms with Crippen LogP contribution in [0.1, 0.15) is 5.69 Å². The van der Waals surface area contributed by atoms with E-state index in [0.717, 1.165) is 10.7 Å². The minimum Gasteiger partial charge on any atom is -0.247 e. The highest BCUT2D eigenvalue weighted by molar-refractivity contribution is 7.98. The third-order valence-electron chi connectivity index (χ3n) is 1.10. The highest BCUT2D eigenvalue weighted by atomic mass is 32.2. The van der Waals surface area contributed by atoms with Crippen molar-refractivity contribution >= 4 is 11.8 Å². The Hall–Kier alpha value is -0.570. The van der Waals surface area contributed by atoms with E-state index in [1.165, 1.54) is 23.9 Å². The van der Waals surface area contributed by atoms with Crippen LogP contribution in [0.5, 0.6) is 0 Å². The average Bonchev–Trinajstić information content (AvgIpc) is 1.85. The molecule has 54 valence electrons. The molecule has 1 nitrogen and oxygen atoms in total. The molecule has 0 atom stereocenters. The predicted octanol–water partition coefficient (Wildman–Crippen LogP) is 2.25. The summed E-state index contributed by atoms with van der Waals surface area (Å²) in [7, 11) is 0.